The fraction of sp³-hybridized carbons (Fsp3) is 0.250. The Morgan fingerprint density at radius 2 is 2.54 bits per heavy atom. The van der Waals surface area contributed by atoms with E-state index >= 15 is 0 Å². The molecule has 2 N–H and O–H groups in total. The van der Waals surface area contributed by atoms with E-state index in [1.165, 1.54) is 11.5 Å². The van der Waals surface area contributed by atoms with E-state index in [1.54, 1.807) is 12.5 Å². The molecule has 0 fully saturated rings. The number of aromatic nitrogens is 2. The van der Waals surface area contributed by atoms with Gasteiger partial charge in [0.25, 0.3) is 0 Å². The summed E-state index contributed by atoms with van der Waals surface area (Å²) in [7, 11) is 0. The minimum Gasteiger partial charge on any atom is -0.469 e. The third-order valence-corrected chi connectivity index (χ3v) is 2.54. The van der Waals surface area contributed by atoms with E-state index in [1.807, 2.05) is 12.1 Å². The number of furan rings is 1. The van der Waals surface area contributed by atoms with Gasteiger partial charge in [-0.15, -0.1) is 5.10 Å². The number of nitrogens with zero attached hydrogens (tertiary/aromatic N) is 2. The van der Waals surface area contributed by atoms with Gasteiger partial charge in [0.1, 0.15) is 5.76 Å². The molecule has 0 saturated carbocycles. The van der Waals surface area contributed by atoms with Gasteiger partial charge in [-0.3, -0.25) is 0 Å². The lowest BCUT2D eigenvalue weighted by molar-refractivity contribution is 0.490. The molecule has 0 amide bonds. The second-order valence-corrected chi connectivity index (χ2v) is 3.53. The van der Waals surface area contributed by atoms with Crippen molar-refractivity contribution in [2.45, 2.75) is 12.5 Å². The zero-order valence-electron chi connectivity index (χ0n) is 6.88. The Labute approximate surface area is 79.5 Å². The third kappa shape index (κ3) is 1.93. The van der Waals surface area contributed by atoms with Crippen molar-refractivity contribution in [2.75, 3.05) is 0 Å². The van der Waals surface area contributed by atoms with Crippen molar-refractivity contribution in [3.8, 4) is 0 Å². The summed E-state index contributed by atoms with van der Waals surface area (Å²) in [4.78, 5) is 0.983. The predicted octanol–water partition coefficient (Wildman–Crippen LogP) is 1.37. The van der Waals surface area contributed by atoms with Crippen LogP contribution in [0.5, 0.6) is 0 Å². The summed E-state index contributed by atoms with van der Waals surface area (Å²) in [6, 6.07) is 3.70. The second kappa shape index (κ2) is 3.68. The van der Waals surface area contributed by atoms with Crippen LogP contribution in [-0.4, -0.2) is 9.59 Å². The van der Waals surface area contributed by atoms with Gasteiger partial charge in [-0.2, -0.15) is 0 Å². The van der Waals surface area contributed by atoms with Crippen molar-refractivity contribution < 1.29 is 4.42 Å². The molecule has 0 radical (unpaired) electrons. The van der Waals surface area contributed by atoms with Gasteiger partial charge in [0, 0.05) is 12.5 Å². The summed E-state index contributed by atoms with van der Waals surface area (Å²) in [6.07, 6.45) is 4.03. The molecular weight excluding hydrogens is 186 g/mol. The van der Waals surface area contributed by atoms with Gasteiger partial charge in [0.2, 0.25) is 0 Å². The maximum absolute atomic E-state index is 5.90. The highest BCUT2D eigenvalue weighted by Gasteiger charge is 2.10. The quantitative estimate of drug-likeness (QED) is 0.803. The Kier molecular flexibility index (Phi) is 2.37. The molecule has 4 nitrogen and oxygen atoms in total. The smallest absolute Gasteiger partial charge is 0.105 e. The summed E-state index contributed by atoms with van der Waals surface area (Å²) >= 11 is 1.33. The molecule has 0 bridgehead atoms. The first-order valence-electron chi connectivity index (χ1n) is 3.91. The largest absolute Gasteiger partial charge is 0.469 e. The molecule has 0 aromatic carbocycles. The van der Waals surface area contributed by atoms with Gasteiger partial charge in [-0.25, -0.2) is 0 Å². The molecule has 2 heterocycles. The van der Waals surface area contributed by atoms with Gasteiger partial charge in [0.15, 0.2) is 0 Å². The number of rotatable bonds is 3. The van der Waals surface area contributed by atoms with Crippen molar-refractivity contribution in [1.29, 1.82) is 0 Å². The standard InChI is InChI=1S/C8H9N3OS/c9-7(8-5-10-11-13-8)4-6-2-1-3-12-6/h1-3,5,7H,4,9H2. The Morgan fingerprint density at radius 1 is 1.62 bits per heavy atom. The molecule has 2 aromatic rings. The minimum atomic E-state index is -0.0638. The van der Waals surface area contributed by atoms with Crippen LogP contribution in [0.25, 0.3) is 0 Å². The molecule has 0 aliphatic rings. The van der Waals surface area contributed by atoms with E-state index < -0.39 is 0 Å². The van der Waals surface area contributed by atoms with Crippen LogP contribution in [0.3, 0.4) is 0 Å². The lowest BCUT2D eigenvalue weighted by Gasteiger charge is -2.04. The summed E-state index contributed by atoms with van der Waals surface area (Å²) < 4.78 is 8.94. The topological polar surface area (TPSA) is 64.9 Å². The van der Waals surface area contributed by atoms with Crippen molar-refractivity contribution in [1.82, 2.24) is 9.59 Å². The fourth-order valence-electron chi connectivity index (χ4n) is 1.08. The van der Waals surface area contributed by atoms with Crippen LogP contribution in [0.15, 0.2) is 29.0 Å². The van der Waals surface area contributed by atoms with Crippen molar-refractivity contribution >= 4 is 11.5 Å². The van der Waals surface area contributed by atoms with Crippen LogP contribution in [0.1, 0.15) is 16.7 Å². The van der Waals surface area contributed by atoms with E-state index in [-0.39, 0.29) is 6.04 Å². The van der Waals surface area contributed by atoms with Crippen molar-refractivity contribution in [3.05, 3.63) is 35.2 Å². The number of hydrogen-bond acceptors (Lipinski definition) is 5. The highest BCUT2D eigenvalue weighted by atomic mass is 32.1. The monoisotopic (exact) mass is 195 g/mol. The molecule has 0 saturated heterocycles. The van der Waals surface area contributed by atoms with Crippen LogP contribution >= 0.6 is 11.5 Å². The van der Waals surface area contributed by atoms with E-state index in [0.717, 1.165) is 10.6 Å². The summed E-state index contributed by atoms with van der Waals surface area (Å²) in [6.45, 7) is 0. The van der Waals surface area contributed by atoms with E-state index in [4.69, 9.17) is 10.2 Å². The molecule has 1 unspecified atom stereocenters. The van der Waals surface area contributed by atoms with Gasteiger partial charge in [-0.05, 0) is 23.7 Å². The molecule has 2 rings (SSSR count). The third-order valence-electron chi connectivity index (χ3n) is 1.74. The van der Waals surface area contributed by atoms with E-state index in [2.05, 4.69) is 9.59 Å². The van der Waals surface area contributed by atoms with Gasteiger partial charge < -0.3 is 10.2 Å². The average molecular weight is 195 g/mol. The lowest BCUT2D eigenvalue weighted by Crippen LogP contribution is -2.11. The van der Waals surface area contributed by atoms with Gasteiger partial charge >= 0.3 is 0 Å². The van der Waals surface area contributed by atoms with Crippen molar-refractivity contribution in [2.24, 2.45) is 5.73 Å². The Balaban J connectivity index is 2.04. The zero-order chi connectivity index (χ0) is 9.10. The van der Waals surface area contributed by atoms with Crippen LogP contribution in [0, 0.1) is 0 Å². The number of hydrogen-bond donors (Lipinski definition) is 1. The first kappa shape index (κ1) is 8.40. The summed E-state index contributed by atoms with van der Waals surface area (Å²) in [5, 5.41) is 3.73. The maximum atomic E-state index is 5.90. The molecular formula is C8H9N3OS. The normalized spacial score (nSPS) is 13.0. The first-order chi connectivity index (χ1) is 6.36. The average Bonchev–Trinajstić information content (AvgIpc) is 2.74. The Hall–Kier alpha value is -1.20. The van der Waals surface area contributed by atoms with Crippen molar-refractivity contribution in [3.63, 3.8) is 0 Å². The molecule has 2 aromatic heterocycles. The Morgan fingerprint density at radius 3 is 3.15 bits per heavy atom. The predicted molar refractivity (Wildman–Crippen MR) is 49.2 cm³/mol. The molecule has 5 heteroatoms. The highest BCUT2D eigenvalue weighted by molar-refractivity contribution is 7.05. The molecule has 0 spiro atoms. The fourth-order valence-corrected chi connectivity index (χ4v) is 1.59. The van der Waals surface area contributed by atoms with E-state index in [9.17, 15) is 0 Å². The maximum Gasteiger partial charge on any atom is 0.105 e. The zero-order valence-corrected chi connectivity index (χ0v) is 7.70. The lowest BCUT2D eigenvalue weighted by atomic mass is 10.1. The van der Waals surface area contributed by atoms with Crippen LogP contribution < -0.4 is 5.73 Å². The highest BCUT2D eigenvalue weighted by Crippen LogP contribution is 2.17. The van der Waals surface area contributed by atoms with Crippen LogP contribution in [-0.2, 0) is 6.42 Å². The second-order valence-electron chi connectivity index (χ2n) is 2.71. The Bertz CT molecular complexity index is 343. The minimum absolute atomic E-state index is 0.0638. The molecule has 13 heavy (non-hydrogen) atoms. The first-order valence-corrected chi connectivity index (χ1v) is 4.69. The SMILES string of the molecule is NC(Cc1ccco1)c1cnns1. The van der Waals surface area contributed by atoms with Gasteiger partial charge in [-0.1, -0.05) is 4.49 Å². The molecule has 68 valence electrons. The molecule has 0 aliphatic carbocycles. The summed E-state index contributed by atoms with van der Waals surface area (Å²) in [5.41, 5.74) is 5.90. The summed E-state index contributed by atoms with van der Waals surface area (Å²) in [5.74, 6) is 0.890. The number of nitrogens with two attached hydrogens (primary N) is 1. The molecule has 0 aliphatic heterocycles. The van der Waals surface area contributed by atoms with E-state index in [0.29, 0.717) is 6.42 Å². The van der Waals surface area contributed by atoms with Crippen LogP contribution in [0.4, 0.5) is 0 Å². The van der Waals surface area contributed by atoms with Crippen LogP contribution in [0.2, 0.25) is 0 Å². The molecule has 1 atom stereocenters. The van der Waals surface area contributed by atoms with Gasteiger partial charge in [0.05, 0.1) is 17.3 Å².